The van der Waals surface area contributed by atoms with E-state index in [1.54, 1.807) is 14.0 Å². The van der Waals surface area contributed by atoms with Crippen molar-refractivity contribution in [3.63, 3.8) is 0 Å². The molecule has 0 unspecified atom stereocenters. The van der Waals surface area contributed by atoms with E-state index in [0.717, 1.165) is 15.8 Å². The van der Waals surface area contributed by atoms with E-state index in [0.29, 0.717) is 11.6 Å². The minimum atomic E-state index is 0.483. The highest BCUT2D eigenvalue weighted by molar-refractivity contribution is 9.10. The highest BCUT2D eigenvalue weighted by Gasteiger charge is 2.06. The van der Waals surface area contributed by atoms with E-state index in [9.17, 15) is 0 Å². The van der Waals surface area contributed by atoms with Crippen LogP contribution in [0.3, 0.4) is 0 Å². The molecular weight excluding hydrogens is 272 g/mol. The van der Waals surface area contributed by atoms with Crippen molar-refractivity contribution in [1.29, 1.82) is 0 Å². The van der Waals surface area contributed by atoms with E-state index in [4.69, 9.17) is 4.74 Å². The van der Waals surface area contributed by atoms with Gasteiger partial charge < -0.3 is 4.74 Å². The maximum atomic E-state index is 5.19. The molecule has 0 N–H and O–H groups in total. The average molecular weight is 281 g/mol. The van der Waals surface area contributed by atoms with Gasteiger partial charge in [-0.3, -0.25) is 0 Å². The fourth-order valence-electron chi connectivity index (χ4n) is 1.19. The highest BCUT2D eigenvalue weighted by atomic mass is 79.9. The summed E-state index contributed by atoms with van der Waals surface area (Å²) in [4.78, 5) is 0. The van der Waals surface area contributed by atoms with Gasteiger partial charge in [0.1, 0.15) is 5.75 Å². The first kappa shape index (κ1) is 10.9. The largest absolute Gasteiger partial charge is 0.496 e. The average Bonchev–Trinajstić information content (AvgIpc) is 2.31. The minimum absolute atomic E-state index is 0.483. The second-order valence-electron chi connectivity index (χ2n) is 3.12. The van der Waals surface area contributed by atoms with Crippen molar-refractivity contribution in [2.24, 2.45) is 0 Å². The summed E-state index contributed by atoms with van der Waals surface area (Å²) in [5.41, 5.74) is 0.819. The van der Waals surface area contributed by atoms with Gasteiger partial charge in [0.2, 0.25) is 5.82 Å². The molecule has 0 fully saturated rings. The molecule has 5 nitrogen and oxygen atoms in total. The summed E-state index contributed by atoms with van der Waals surface area (Å²) in [5, 5.41) is 15.6. The molecular formula is C10H9BrN4O. The normalized spacial score (nSPS) is 10.2. The molecule has 2 rings (SSSR count). The summed E-state index contributed by atoms with van der Waals surface area (Å²) >= 11 is 3.38. The molecule has 0 saturated carbocycles. The van der Waals surface area contributed by atoms with Gasteiger partial charge in [0.25, 0.3) is 0 Å². The molecule has 1 aromatic carbocycles. The summed E-state index contributed by atoms with van der Waals surface area (Å²) in [6, 6.07) is 5.58. The van der Waals surface area contributed by atoms with Crippen LogP contribution in [0, 0.1) is 6.92 Å². The Balaban J connectivity index is 2.44. The molecule has 0 saturated heterocycles. The number of hydrogen-bond donors (Lipinski definition) is 0. The lowest BCUT2D eigenvalue weighted by atomic mass is 10.2. The van der Waals surface area contributed by atoms with Crippen LogP contribution in [0.2, 0.25) is 0 Å². The number of benzene rings is 1. The lowest BCUT2D eigenvalue weighted by molar-refractivity contribution is 0.412. The third-order valence-electron chi connectivity index (χ3n) is 1.99. The van der Waals surface area contributed by atoms with Gasteiger partial charge in [0.15, 0.2) is 5.82 Å². The highest BCUT2D eigenvalue weighted by Crippen LogP contribution is 2.28. The Morgan fingerprint density at radius 2 is 1.81 bits per heavy atom. The molecule has 0 atom stereocenters. The molecule has 0 aliphatic rings. The van der Waals surface area contributed by atoms with E-state index in [-0.39, 0.29) is 0 Å². The smallest absolute Gasteiger partial charge is 0.203 e. The number of aryl methyl sites for hydroxylation is 1. The van der Waals surface area contributed by atoms with Crippen LogP contribution in [0.25, 0.3) is 11.4 Å². The summed E-state index contributed by atoms with van der Waals surface area (Å²) in [5.74, 6) is 1.76. The zero-order chi connectivity index (χ0) is 11.5. The lowest BCUT2D eigenvalue weighted by Gasteiger charge is -2.04. The van der Waals surface area contributed by atoms with E-state index in [1.165, 1.54) is 0 Å². The number of hydrogen-bond acceptors (Lipinski definition) is 5. The van der Waals surface area contributed by atoms with Crippen molar-refractivity contribution in [3.8, 4) is 17.1 Å². The SMILES string of the molecule is COc1cc(-c2nnc(C)nn2)ccc1Br. The van der Waals surface area contributed by atoms with Crippen LogP contribution in [-0.4, -0.2) is 27.5 Å². The monoisotopic (exact) mass is 280 g/mol. The number of halogens is 1. The quantitative estimate of drug-likeness (QED) is 0.842. The molecule has 2 aromatic rings. The maximum absolute atomic E-state index is 5.19. The van der Waals surface area contributed by atoms with Crippen molar-refractivity contribution in [3.05, 3.63) is 28.5 Å². The number of nitrogens with zero attached hydrogens (tertiary/aromatic N) is 4. The molecule has 1 heterocycles. The standard InChI is InChI=1S/C10H9BrN4O/c1-6-12-14-10(15-13-6)7-3-4-8(11)9(5-7)16-2/h3-5H,1-2H3. The van der Waals surface area contributed by atoms with Gasteiger partial charge in [-0.1, -0.05) is 0 Å². The molecule has 16 heavy (non-hydrogen) atoms. The first-order valence-electron chi connectivity index (χ1n) is 4.58. The fourth-order valence-corrected chi connectivity index (χ4v) is 1.60. The first-order valence-corrected chi connectivity index (χ1v) is 5.38. The van der Waals surface area contributed by atoms with Crippen molar-refractivity contribution < 1.29 is 4.74 Å². The number of methoxy groups -OCH3 is 1. The molecule has 6 heteroatoms. The van der Waals surface area contributed by atoms with Gasteiger partial charge in [-0.25, -0.2) is 0 Å². The second-order valence-corrected chi connectivity index (χ2v) is 3.97. The summed E-state index contributed by atoms with van der Waals surface area (Å²) in [6.07, 6.45) is 0. The zero-order valence-corrected chi connectivity index (χ0v) is 10.4. The van der Waals surface area contributed by atoms with Gasteiger partial charge in [-0.05, 0) is 41.1 Å². The van der Waals surface area contributed by atoms with Crippen LogP contribution in [0.4, 0.5) is 0 Å². The van der Waals surface area contributed by atoms with Gasteiger partial charge >= 0.3 is 0 Å². The van der Waals surface area contributed by atoms with Crippen LogP contribution < -0.4 is 4.74 Å². The van der Waals surface area contributed by atoms with Gasteiger partial charge in [0, 0.05) is 5.56 Å². The first-order chi connectivity index (χ1) is 7.70. The summed E-state index contributed by atoms with van der Waals surface area (Å²) < 4.78 is 6.07. The predicted octanol–water partition coefficient (Wildman–Crippen LogP) is 2.01. The number of ether oxygens (including phenoxy) is 1. The minimum Gasteiger partial charge on any atom is -0.496 e. The number of rotatable bonds is 2. The molecule has 1 aromatic heterocycles. The maximum Gasteiger partial charge on any atom is 0.203 e. The van der Waals surface area contributed by atoms with E-state index in [1.807, 2.05) is 18.2 Å². The summed E-state index contributed by atoms with van der Waals surface area (Å²) in [6.45, 7) is 1.74. The van der Waals surface area contributed by atoms with Crippen molar-refractivity contribution in [2.75, 3.05) is 7.11 Å². The fraction of sp³-hybridized carbons (Fsp3) is 0.200. The molecule has 82 valence electrons. The second kappa shape index (κ2) is 4.52. The Hall–Kier alpha value is -1.56. The van der Waals surface area contributed by atoms with E-state index in [2.05, 4.69) is 36.3 Å². The van der Waals surface area contributed by atoms with Crippen molar-refractivity contribution >= 4 is 15.9 Å². The third-order valence-corrected chi connectivity index (χ3v) is 2.64. The van der Waals surface area contributed by atoms with Gasteiger partial charge in [-0.15, -0.1) is 20.4 Å². The van der Waals surface area contributed by atoms with E-state index >= 15 is 0 Å². The molecule has 0 aliphatic carbocycles. The topological polar surface area (TPSA) is 60.8 Å². The third kappa shape index (κ3) is 2.16. The van der Waals surface area contributed by atoms with Crippen molar-refractivity contribution in [2.45, 2.75) is 6.92 Å². The Labute approximate surface area is 101 Å². The van der Waals surface area contributed by atoms with Crippen LogP contribution >= 0.6 is 15.9 Å². The van der Waals surface area contributed by atoms with Crippen LogP contribution in [-0.2, 0) is 0 Å². The summed E-state index contributed by atoms with van der Waals surface area (Å²) in [7, 11) is 1.61. The Morgan fingerprint density at radius 3 is 2.44 bits per heavy atom. The Morgan fingerprint density at radius 1 is 1.12 bits per heavy atom. The van der Waals surface area contributed by atoms with E-state index < -0.39 is 0 Å². The van der Waals surface area contributed by atoms with Crippen molar-refractivity contribution in [1.82, 2.24) is 20.4 Å². The van der Waals surface area contributed by atoms with Gasteiger partial charge in [-0.2, -0.15) is 0 Å². The number of aromatic nitrogens is 4. The predicted molar refractivity (Wildman–Crippen MR) is 62.0 cm³/mol. The Kier molecular flexibility index (Phi) is 3.09. The molecule has 0 bridgehead atoms. The van der Waals surface area contributed by atoms with Crippen LogP contribution in [0.5, 0.6) is 5.75 Å². The molecule has 0 aliphatic heterocycles. The Bertz CT molecular complexity index is 501. The molecule has 0 radical (unpaired) electrons. The molecule has 0 amide bonds. The van der Waals surface area contributed by atoms with Gasteiger partial charge in [0.05, 0.1) is 11.6 Å². The van der Waals surface area contributed by atoms with Crippen LogP contribution in [0.1, 0.15) is 5.82 Å². The van der Waals surface area contributed by atoms with Crippen LogP contribution in [0.15, 0.2) is 22.7 Å². The lowest BCUT2D eigenvalue weighted by Crippen LogP contribution is -1.98. The molecule has 0 spiro atoms. The zero-order valence-electron chi connectivity index (χ0n) is 8.81.